The number of aromatic nitrogens is 4. The summed E-state index contributed by atoms with van der Waals surface area (Å²) in [5, 5.41) is 6.00. The van der Waals surface area contributed by atoms with Crippen LogP contribution in [-0.4, -0.2) is 19.1 Å². The van der Waals surface area contributed by atoms with Crippen LogP contribution >= 0.6 is 0 Å². The minimum Gasteiger partial charge on any atom is -0.307 e. The van der Waals surface area contributed by atoms with Crippen molar-refractivity contribution in [1.82, 2.24) is 19.1 Å². The molecule has 196 valence electrons. The predicted octanol–water partition coefficient (Wildman–Crippen LogP) is 9.49. The molecule has 9 rings (SSSR count). The molecule has 0 bridgehead atoms. The second kappa shape index (κ2) is 8.88. The Morgan fingerprint density at radius 2 is 1.17 bits per heavy atom. The fourth-order valence-corrected chi connectivity index (χ4v) is 6.52. The van der Waals surface area contributed by atoms with Gasteiger partial charge in [-0.05, 0) is 48.5 Å². The normalized spacial score (nSPS) is 11.8. The Morgan fingerprint density at radius 1 is 0.476 bits per heavy atom. The maximum Gasteiger partial charge on any atom is 0.138 e. The van der Waals surface area contributed by atoms with Gasteiger partial charge in [-0.15, -0.1) is 0 Å². The molecule has 4 heterocycles. The molecule has 0 aliphatic rings. The fourth-order valence-electron chi connectivity index (χ4n) is 6.52. The first-order chi connectivity index (χ1) is 20.8. The monoisotopic (exact) mass is 536 g/mol. The lowest BCUT2D eigenvalue weighted by molar-refractivity contribution is 1.08. The molecule has 0 N–H and O–H groups in total. The molecule has 42 heavy (non-hydrogen) atoms. The zero-order valence-corrected chi connectivity index (χ0v) is 22.6. The molecular weight excluding hydrogens is 512 g/mol. The molecule has 0 atom stereocenters. The molecule has 0 amide bonds. The molecule has 4 aromatic heterocycles. The number of pyridine rings is 2. The molecular formula is C38H24N4. The highest BCUT2D eigenvalue weighted by Crippen LogP contribution is 2.41. The summed E-state index contributed by atoms with van der Waals surface area (Å²) in [7, 11) is 0. The van der Waals surface area contributed by atoms with Crippen LogP contribution in [0.25, 0.3) is 77.3 Å². The minimum absolute atomic E-state index is 0.886. The summed E-state index contributed by atoms with van der Waals surface area (Å²) in [5.41, 5.74) is 8.72. The van der Waals surface area contributed by atoms with Crippen molar-refractivity contribution in [1.29, 1.82) is 0 Å². The van der Waals surface area contributed by atoms with Gasteiger partial charge in [0.1, 0.15) is 5.82 Å². The summed E-state index contributed by atoms with van der Waals surface area (Å²) in [5.74, 6) is 0.886. The van der Waals surface area contributed by atoms with Crippen LogP contribution < -0.4 is 0 Å². The Balaban J connectivity index is 1.41. The van der Waals surface area contributed by atoms with Crippen molar-refractivity contribution in [2.24, 2.45) is 0 Å². The van der Waals surface area contributed by atoms with Crippen molar-refractivity contribution in [2.75, 3.05) is 0 Å². The van der Waals surface area contributed by atoms with E-state index in [1.54, 1.807) is 0 Å². The van der Waals surface area contributed by atoms with Gasteiger partial charge in [0.05, 0.1) is 33.3 Å². The van der Waals surface area contributed by atoms with E-state index in [9.17, 15) is 0 Å². The van der Waals surface area contributed by atoms with E-state index in [-0.39, 0.29) is 0 Å². The minimum atomic E-state index is 0.886. The largest absolute Gasteiger partial charge is 0.307 e. The Morgan fingerprint density at radius 3 is 1.95 bits per heavy atom. The highest BCUT2D eigenvalue weighted by Gasteiger charge is 2.21. The number of nitrogens with zero attached hydrogens (tertiary/aromatic N) is 4. The topological polar surface area (TPSA) is 35.6 Å². The molecule has 0 aliphatic heterocycles. The molecule has 0 saturated heterocycles. The first-order valence-corrected chi connectivity index (χ1v) is 14.2. The van der Waals surface area contributed by atoms with Gasteiger partial charge in [0, 0.05) is 44.4 Å². The maximum absolute atomic E-state index is 5.28. The highest BCUT2D eigenvalue weighted by atomic mass is 15.1. The van der Waals surface area contributed by atoms with Crippen molar-refractivity contribution in [3.63, 3.8) is 0 Å². The third-order valence-electron chi connectivity index (χ3n) is 8.35. The summed E-state index contributed by atoms with van der Waals surface area (Å²) in [6.07, 6.45) is 1.84. The number of rotatable bonds is 3. The molecule has 4 heteroatoms. The van der Waals surface area contributed by atoms with E-state index < -0.39 is 0 Å². The first kappa shape index (κ1) is 23.0. The van der Waals surface area contributed by atoms with Crippen LogP contribution in [0.4, 0.5) is 0 Å². The van der Waals surface area contributed by atoms with E-state index in [2.05, 4.69) is 148 Å². The number of hydrogen-bond donors (Lipinski definition) is 0. The molecule has 0 saturated carbocycles. The van der Waals surface area contributed by atoms with Gasteiger partial charge in [0.15, 0.2) is 0 Å². The van der Waals surface area contributed by atoms with Crippen LogP contribution in [0.3, 0.4) is 0 Å². The van der Waals surface area contributed by atoms with Crippen LogP contribution in [0, 0.1) is 0 Å². The summed E-state index contributed by atoms with van der Waals surface area (Å²) in [6, 6.07) is 49.3. The summed E-state index contributed by atoms with van der Waals surface area (Å²) >= 11 is 0. The van der Waals surface area contributed by atoms with Crippen molar-refractivity contribution in [3.8, 4) is 22.8 Å². The Labute approximate surface area is 241 Å². The lowest BCUT2D eigenvalue weighted by atomic mass is 10.1. The van der Waals surface area contributed by atoms with Gasteiger partial charge in [0.25, 0.3) is 0 Å². The van der Waals surface area contributed by atoms with Gasteiger partial charge in [-0.3, -0.25) is 9.55 Å². The number of benzene rings is 5. The van der Waals surface area contributed by atoms with E-state index in [0.717, 1.165) is 44.7 Å². The number of hydrogen-bond acceptors (Lipinski definition) is 2. The van der Waals surface area contributed by atoms with Crippen molar-refractivity contribution < 1.29 is 0 Å². The van der Waals surface area contributed by atoms with Gasteiger partial charge in [0.2, 0.25) is 0 Å². The van der Waals surface area contributed by atoms with Crippen molar-refractivity contribution >= 4 is 54.5 Å². The zero-order chi connectivity index (χ0) is 27.6. The van der Waals surface area contributed by atoms with Gasteiger partial charge in [-0.1, -0.05) is 91.0 Å². The summed E-state index contributed by atoms with van der Waals surface area (Å²) in [6.45, 7) is 0. The van der Waals surface area contributed by atoms with Gasteiger partial charge in [-0.2, -0.15) is 0 Å². The molecule has 9 aromatic rings. The lowest BCUT2D eigenvalue weighted by Gasteiger charge is -2.13. The molecule has 4 nitrogen and oxygen atoms in total. The van der Waals surface area contributed by atoms with Crippen LogP contribution in [0.1, 0.15) is 0 Å². The Bertz CT molecular complexity index is 2470. The highest BCUT2D eigenvalue weighted by molar-refractivity contribution is 6.23. The summed E-state index contributed by atoms with van der Waals surface area (Å²) in [4.78, 5) is 9.86. The SMILES string of the molecule is c1ccc(-n2c3ccccc3c3ccc4c5ccccc5n(-c5cccc(-c6ccc7cccnc7c6)n5)c4c32)cc1. The quantitative estimate of drug-likeness (QED) is 0.225. The predicted molar refractivity (Wildman–Crippen MR) is 174 cm³/mol. The maximum atomic E-state index is 5.28. The standard InChI is InChI=1S/C38H24N4/c1-2-11-27(12-3-1)41-34-16-6-4-13-28(34)30-21-22-31-29-14-5-7-17-35(29)42(38(31)37(30)41)36-18-8-15-32(40-36)26-20-19-25-10-9-23-39-33(25)24-26/h1-24H. The Kier molecular flexibility index (Phi) is 4.87. The van der Waals surface area contributed by atoms with Crippen LogP contribution in [0.2, 0.25) is 0 Å². The molecule has 0 unspecified atom stereocenters. The molecule has 5 aromatic carbocycles. The van der Waals surface area contributed by atoms with Crippen LogP contribution in [0.5, 0.6) is 0 Å². The fraction of sp³-hybridized carbons (Fsp3) is 0. The van der Waals surface area contributed by atoms with Gasteiger partial charge < -0.3 is 4.57 Å². The van der Waals surface area contributed by atoms with Crippen LogP contribution in [0.15, 0.2) is 146 Å². The van der Waals surface area contributed by atoms with Crippen LogP contribution in [-0.2, 0) is 0 Å². The Hall–Kier alpha value is -5.74. The third-order valence-corrected chi connectivity index (χ3v) is 8.35. The van der Waals surface area contributed by atoms with Crippen molar-refractivity contribution in [2.45, 2.75) is 0 Å². The molecule has 0 spiro atoms. The van der Waals surface area contributed by atoms with E-state index in [4.69, 9.17) is 4.98 Å². The molecule has 0 fully saturated rings. The molecule has 0 aliphatic carbocycles. The zero-order valence-electron chi connectivity index (χ0n) is 22.6. The van der Waals surface area contributed by atoms with E-state index in [0.29, 0.717) is 0 Å². The first-order valence-electron chi connectivity index (χ1n) is 14.2. The average molecular weight is 537 g/mol. The average Bonchev–Trinajstić information content (AvgIpc) is 3.58. The summed E-state index contributed by atoms with van der Waals surface area (Å²) < 4.78 is 4.75. The van der Waals surface area contributed by atoms with E-state index >= 15 is 0 Å². The number of fused-ring (bicyclic) bond motifs is 8. The second-order valence-corrected chi connectivity index (χ2v) is 10.7. The number of para-hydroxylation sites is 3. The van der Waals surface area contributed by atoms with Gasteiger partial charge >= 0.3 is 0 Å². The van der Waals surface area contributed by atoms with Gasteiger partial charge in [-0.25, -0.2) is 4.98 Å². The second-order valence-electron chi connectivity index (χ2n) is 10.7. The smallest absolute Gasteiger partial charge is 0.138 e. The van der Waals surface area contributed by atoms with Crippen molar-refractivity contribution in [3.05, 3.63) is 146 Å². The van der Waals surface area contributed by atoms with E-state index in [1.807, 2.05) is 12.3 Å². The third kappa shape index (κ3) is 3.29. The molecule has 0 radical (unpaired) electrons. The van der Waals surface area contributed by atoms with E-state index in [1.165, 1.54) is 32.6 Å². The lowest BCUT2D eigenvalue weighted by Crippen LogP contribution is -2.01.